The van der Waals surface area contributed by atoms with Crippen molar-refractivity contribution in [3.63, 3.8) is 0 Å². The number of hydrogen-bond acceptors (Lipinski definition) is 4. The highest BCUT2D eigenvalue weighted by Crippen LogP contribution is 2.29. The topological polar surface area (TPSA) is 70.6 Å². The van der Waals surface area contributed by atoms with Crippen molar-refractivity contribution in [1.29, 1.82) is 0 Å². The van der Waals surface area contributed by atoms with Gasteiger partial charge in [0.1, 0.15) is 5.92 Å². The van der Waals surface area contributed by atoms with E-state index in [9.17, 15) is 9.59 Å². The molecule has 0 bridgehead atoms. The average Bonchev–Trinajstić information content (AvgIpc) is 3.23. The molecule has 1 aliphatic heterocycles. The van der Waals surface area contributed by atoms with E-state index in [1.165, 1.54) is 0 Å². The zero-order chi connectivity index (χ0) is 16.2. The van der Waals surface area contributed by atoms with Crippen LogP contribution in [0.15, 0.2) is 52.9 Å². The van der Waals surface area contributed by atoms with Crippen LogP contribution in [0.4, 0.5) is 0 Å². The van der Waals surface area contributed by atoms with Crippen LogP contribution >= 0.6 is 11.3 Å². The highest BCUT2D eigenvalue weighted by atomic mass is 32.1. The number of thiophene rings is 1. The van der Waals surface area contributed by atoms with Crippen molar-refractivity contribution in [2.45, 2.75) is 12.8 Å². The molecule has 1 saturated heterocycles. The summed E-state index contributed by atoms with van der Waals surface area (Å²) in [5, 5.41) is 8.84. The summed E-state index contributed by atoms with van der Waals surface area (Å²) in [5.41, 5.74) is 4.24. The third-order valence-corrected chi connectivity index (χ3v) is 4.88. The lowest BCUT2D eigenvalue weighted by atomic mass is 9.88. The summed E-state index contributed by atoms with van der Waals surface area (Å²) in [6, 6.07) is 13.5. The molecule has 1 aliphatic rings. The lowest BCUT2D eigenvalue weighted by Gasteiger charge is -2.15. The molecule has 3 rings (SSSR count). The average molecular weight is 327 g/mol. The Bertz CT molecular complexity index is 726. The number of nitrogens with zero attached hydrogens (tertiary/aromatic N) is 1. The molecule has 0 aliphatic carbocycles. The number of amides is 2. The summed E-state index contributed by atoms with van der Waals surface area (Å²) in [5.74, 6) is -1.54. The summed E-state index contributed by atoms with van der Waals surface area (Å²) in [6.45, 7) is 2.30. The number of hydrazone groups is 1. The Hall–Kier alpha value is -2.47. The molecular weight excluding hydrogens is 310 g/mol. The minimum atomic E-state index is -0.753. The van der Waals surface area contributed by atoms with Crippen molar-refractivity contribution in [1.82, 2.24) is 10.7 Å². The molecule has 0 saturated carbocycles. The second-order valence-electron chi connectivity index (χ2n) is 5.39. The third-order valence-electron chi connectivity index (χ3n) is 3.90. The van der Waals surface area contributed by atoms with E-state index in [-0.39, 0.29) is 17.7 Å². The zero-order valence-electron chi connectivity index (χ0n) is 12.7. The fourth-order valence-electron chi connectivity index (χ4n) is 2.68. The van der Waals surface area contributed by atoms with Crippen LogP contribution in [-0.4, -0.2) is 24.1 Å². The lowest BCUT2D eigenvalue weighted by Crippen LogP contribution is -2.35. The van der Waals surface area contributed by atoms with Gasteiger partial charge in [-0.05, 0) is 23.9 Å². The number of rotatable bonds is 4. The van der Waals surface area contributed by atoms with Crippen molar-refractivity contribution < 1.29 is 9.59 Å². The van der Waals surface area contributed by atoms with Crippen LogP contribution in [0.3, 0.4) is 0 Å². The Morgan fingerprint density at radius 2 is 2.04 bits per heavy atom. The zero-order valence-corrected chi connectivity index (χ0v) is 13.5. The maximum absolute atomic E-state index is 12.4. The molecule has 2 N–H and O–H groups in total. The summed E-state index contributed by atoms with van der Waals surface area (Å²) in [7, 11) is 0. The van der Waals surface area contributed by atoms with E-state index < -0.39 is 5.92 Å². The van der Waals surface area contributed by atoms with E-state index >= 15 is 0 Å². The van der Waals surface area contributed by atoms with Gasteiger partial charge in [-0.15, -0.1) is 11.3 Å². The highest BCUT2D eigenvalue weighted by Gasteiger charge is 2.40. The lowest BCUT2D eigenvalue weighted by molar-refractivity contribution is -0.133. The molecule has 6 heteroatoms. The normalized spacial score (nSPS) is 21.1. The van der Waals surface area contributed by atoms with E-state index in [1.54, 1.807) is 11.3 Å². The van der Waals surface area contributed by atoms with Crippen LogP contribution in [0.25, 0.3) is 0 Å². The Labute approximate surface area is 138 Å². The van der Waals surface area contributed by atoms with E-state index in [2.05, 4.69) is 15.8 Å². The summed E-state index contributed by atoms with van der Waals surface area (Å²) >= 11 is 1.55. The minimum absolute atomic E-state index is 0.166. The van der Waals surface area contributed by atoms with Gasteiger partial charge in [0.05, 0.1) is 5.71 Å². The first-order chi connectivity index (χ1) is 11.2. The van der Waals surface area contributed by atoms with Crippen LogP contribution in [0.2, 0.25) is 0 Å². The third kappa shape index (κ3) is 3.32. The smallest absolute Gasteiger partial charge is 0.253 e. The van der Waals surface area contributed by atoms with Gasteiger partial charge in [-0.2, -0.15) is 5.10 Å². The van der Waals surface area contributed by atoms with Crippen molar-refractivity contribution in [3.8, 4) is 0 Å². The molecule has 2 atom stereocenters. The second kappa shape index (κ2) is 6.75. The molecule has 2 amide bonds. The maximum atomic E-state index is 12.4. The molecule has 23 heavy (non-hydrogen) atoms. The summed E-state index contributed by atoms with van der Waals surface area (Å²) in [6.07, 6.45) is 0. The summed E-state index contributed by atoms with van der Waals surface area (Å²) in [4.78, 5) is 25.5. The monoisotopic (exact) mass is 327 g/mol. The van der Waals surface area contributed by atoms with E-state index in [0.29, 0.717) is 6.54 Å². The number of nitrogens with one attached hydrogen (secondary N) is 2. The first-order valence-corrected chi connectivity index (χ1v) is 8.25. The summed E-state index contributed by atoms with van der Waals surface area (Å²) < 4.78 is 0. The van der Waals surface area contributed by atoms with Gasteiger partial charge < -0.3 is 5.32 Å². The van der Waals surface area contributed by atoms with Crippen molar-refractivity contribution in [2.24, 2.45) is 11.0 Å². The molecule has 2 heterocycles. The molecule has 118 valence electrons. The molecule has 1 fully saturated rings. The molecule has 0 spiro atoms. The molecule has 1 aromatic heterocycles. The number of benzene rings is 1. The van der Waals surface area contributed by atoms with Crippen LogP contribution in [0, 0.1) is 5.92 Å². The van der Waals surface area contributed by atoms with Gasteiger partial charge in [0.25, 0.3) is 5.91 Å². The Kier molecular flexibility index (Phi) is 4.52. The van der Waals surface area contributed by atoms with Gasteiger partial charge in [0.15, 0.2) is 0 Å². The Morgan fingerprint density at radius 3 is 2.74 bits per heavy atom. The number of carbonyl (C=O) groups excluding carboxylic acids is 2. The van der Waals surface area contributed by atoms with Gasteiger partial charge in [-0.3, -0.25) is 9.59 Å². The fraction of sp³-hybridized carbons (Fsp3) is 0.235. The van der Waals surface area contributed by atoms with Crippen LogP contribution in [0.1, 0.15) is 23.3 Å². The van der Waals surface area contributed by atoms with Gasteiger partial charge in [0.2, 0.25) is 5.91 Å². The van der Waals surface area contributed by atoms with Crippen LogP contribution < -0.4 is 10.7 Å². The first kappa shape index (κ1) is 15.4. The standard InChI is InChI=1S/C17H17N3O2S/c1-11(14-8-5-9-23-14)19-20-17(22)15-13(10-18-16(15)21)12-6-3-2-4-7-12/h2-9,13,15H,10H2,1H3,(H,18,21)(H,20,22)/b19-11-/t13-,15-/m0/s1. The largest absolute Gasteiger partial charge is 0.355 e. The van der Waals surface area contributed by atoms with Crippen molar-refractivity contribution in [2.75, 3.05) is 6.54 Å². The number of carbonyl (C=O) groups is 2. The predicted molar refractivity (Wildman–Crippen MR) is 90.4 cm³/mol. The van der Waals surface area contributed by atoms with Crippen molar-refractivity contribution >= 4 is 28.9 Å². The SMILES string of the molecule is C/C(=N/NC(=O)[C@@H]1C(=O)NC[C@H]1c1ccccc1)c1cccs1. The second-order valence-corrected chi connectivity index (χ2v) is 6.34. The Balaban J connectivity index is 1.74. The van der Waals surface area contributed by atoms with Gasteiger partial charge in [-0.1, -0.05) is 36.4 Å². The van der Waals surface area contributed by atoms with E-state index in [0.717, 1.165) is 16.2 Å². The van der Waals surface area contributed by atoms with E-state index in [1.807, 2.05) is 54.8 Å². The van der Waals surface area contributed by atoms with Crippen LogP contribution in [0.5, 0.6) is 0 Å². The molecule has 0 radical (unpaired) electrons. The van der Waals surface area contributed by atoms with Crippen LogP contribution in [-0.2, 0) is 9.59 Å². The minimum Gasteiger partial charge on any atom is -0.355 e. The van der Waals surface area contributed by atoms with E-state index in [4.69, 9.17) is 0 Å². The number of hydrogen-bond donors (Lipinski definition) is 2. The van der Waals surface area contributed by atoms with Gasteiger partial charge in [-0.25, -0.2) is 5.43 Å². The first-order valence-electron chi connectivity index (χ1n) is 7.37. The molecule has 5 nitrogen and oxygen atoms in total. The highest BCUT2D eigenvalue weighted by molar-refractivity contribution is 7.12. The quantitative estimate of drug-likeness (QED) is 0.513. The molecule has 2 aromatic rings. The molecule has 1 aromatic carbocycles. The van der Waals surface area contributed by atoms with Gasteiger partial charge in [0, 0.05) is 17.3 Å². The van der Waals surface area contributed by atoms with Gasteiger partial charge >= 0.3 is 0 Å². The Morgan fingerprint density at radius 1 is 1.26 bits per heavy atom. The fourth-order valence-corrected chi connectivity index (χ4v) is 3.36. The maximum Gasteiger partial charge on any atom is 0.253 e. The molecule has 0 unspecified atom stereocenters. The van der Waals surface area contributed by atoms with Crippen molar-refractivity contribution in [3.05, 3.63) is 58.3 Å². The molecular formula is C17H17N3O2S. The predicted octanol–water partition coefficient (Wildman–Crippen LogP) is 2.12.